The summed E-state index contributed by atoms with van der Waals surface area (Å²) in [6.45, 7) is 1.83. The van der Waals surface area contributed by atoms with Gasteiger partial charge in [-0.3, -0.25) is 4.79 Å². The monoisotopic (exact) mass is 272 g/mol. The van der Waals surface area contributed by atoms with Crippen molar-refractivity contribution < 1.29 is 4.79 Å². The van der Waals surface area contributed by atoms with Crippen LogP contribution >= 0.6 is 34.4 Å². The zero-order valence-electron chi connectivity index (χ0n) is 8.28. The Morgan fingerprint density at radius 2 is 2.44 bits per heavy atom. The zero-order chi connectivity index (χ0) is 11.4. The first-order valence-corrected chi connectivity index (χ1v) is 7.03. The maximum Gasteiger partial charge on any atom is 0.239 e. The normalized spacial score (nSPS) is 12.3. The lowest BCUT2D eigenvalue weighted by Crippen LogP contribution is -2.22. The van der Waals surface area contributed by atoms with Crippen molar-refractivity contribution in [1.29, 1.82) is 0 Å². The van der Waals surface area contributed by atoms with Crippen LogP contribution in [0.3, 0.4) is 0 Å². The standard InChI is InChI=1S/C8H8N4OS3/c1-5(16-8-12-10-4-15-8)6(13)11-7-9-2-3-14-7/h2-5H,1H3,(H,9,11,13)/t5-/m0/s1. The number of nitrogens with zero attached hydrogens (tertiary/aromatic N) is 3. The van der Waals surface area contributed by atoms with Crippen LogP contribution in [0.15, 0.2) is 21.4 Å². The van der Waals surface area contributed by atoms with Crippen molar-refractivity contribution in [3.8, 4) is 0 Å². The molecule has 1 atom stereocenters. The van der Waals surface area contributed by atoms with E-state index in [0.717, 1.165) is 4.34 Å². The molecule has 2 aromatic heterocycles. The van der Waals surface area contributed by atoms with Gasteiger partial charge in [-0.2, -0.15) is 0 Å². The van der Waals surface area contributed by atoms with Gasteiger partial charge < -0.3 is 5.32 Å². The molecule has 0 aliphatic rings. The average molecular weight is 272 g/mol. The van der Waals surface area contributed by atoms with E-state index in [0.29, 0.717) is 5.13 Å². The summed E-state index contributed by atoms with van der Waals surface area (Å²) < 4.78 is 0.793. The molecule has 5 nitrogen and oxygen atoms in total. The summed E-state index contributed by atoms with van der Waals surface area (Å²) in [6.07, 6.45) is 1.66. The number of rotatable bonds is 4. The Balaban J connectivity index is 1.90. The molecular weight excluding hydrogens is 264 g/mol. The van der Waals surface area contributed by atoms with E-state index in [2.05, 4.69) is 20.5 Å². The number of aromatic nitrogens is 3. The van der Waals surface area contributed by atoms with E-state index in [1.807, 2.05) is 12.3 Å². The van der Waals surface area contributed by atoms with Crippen molar-refractivity contribution in [3.63, 3.8) is 0 Å². The Hall–Kier alpha value is -0.990. The number of carbonyl (C=O) groups excluding carboxylic acids is 1. The smallest absolute Gasteiger partial charge is 0.239 e. The van der Waals surface area contributed by atoms with Gasteiger partial charge in [0.1, 0.15) is 5.51 Å². The lowest BCUT2D eigenvalue weighted by molar-refractivity contribution is -0.115. The minimum atomic E-state index is -0.211. The van der Waals surface area contributed by atoms with E-state index in [1.165, 1.54) is 34.4 Å². The molecule has 16 heavy (non-hydrogen) atoms. The van der Waals surface area contributed by atoms with E-state index in [1.54, 1.807) is 11.7 Å². The highest BCUT2D eigenvalue weighted by Crippen LogP contribution is 2.25. The lowest BCUT2D eigenvalue weighted by Gasteiger charge is -2.07. The topological polar surface area (TPSA) is 67.8 Å². The van der Waals surface area contributed by atoms with E-state index in [-0.39, 0.29) is 11.2 Å². The molecule has 1 amide bonds. The maximum atomic E-state index is 11.7. The summed E-state index contributed by atoms with van der Waals surface area (Å²) in [7, 11) is 0. The van der Waals surface area contributed by atoms with E-state index < -0.39 is 0 Å². The second-order valence-corrected chi connectivity index (χ2v) is 6.11. The van der Waals surface area contributed by atoms with Gasteiger partial charge in [-0.1, -0.05) is 23.1 Å². The Labute approximate surface area is 104 Å². The molecule has 8 heteroatoms. The van der Waals surface area contributed by atoms with Crippen LogP contribution in [0.4, 0.5) is 5.13 Å². The van der Waals surface area contributed by atoms with Crippen molar-refractivity contribution in [2.45, 2.75) is 16.5 Å². The minimum absolute atomic E-state index is 0.0739. The van der Waals surface area contributed by atoms with Crippen LogP contribution in [-0.4, -0.2) is 26.3 Å². The summed E-state index contributed by atoms with van der Waals surface area (Å²) in [6, 6.07) is 0. The Morgan fingerprint density at radius 1 is 1.56 bits per heavy atom. The van der Waals surface area contributed by atoms with Gasteiger partial charge in [-0.25, -0.2) is 4.98 Å². The van der Waals surface area contributed by atoms with E-state index >= 15 is 0 Å². The number of thiazole rings is 1. The zero-order valence-corrected chi connectivity index (χ0v) is 10.7. The van der Waals surface area contributed by atoms with E-state index in [9.17, 15) is 4.79 Å². The van der Waals surface area contributed by atoms with Gasteiger partial charge in [0.15, 0.2) is 9.47 Å². The van der Waals surface area contributed by atoms with Crippen molar-refractivity contribution >= 4 is 45.5 Å². The molecule has 0 fully saturated rings. The number of amides is 1. The number of carbonyl (C=O) groups is 1. The average Bonchev–Trinajstić information content (AvgIpc) is 2.90. The highest BCUT2D eigenvalue weighted by molar-refractivity contribution is 8.02. The third-order valence-electron chi connectivity index (χ3n) is 1.65. The van der Waals surface area contributed by atoms with Gasteiger partial charge in [0.05, 0.1) is 5.25 Å². The van der Waals surface area contributed by atoms with Crippen molar-refractivity contribution in [2.24, 2.45) is 0 Å². The SMILES string of the molecule is C[C@H](Sc1nncs1)C(=O)Nc1nccs1. The van der Waals surface area contributed by atoms with Crippen molar-refractivity contribution in [2.75, 3.05) is 5.32 Å². The molecule has 2 heterocycles. The highest BCUT2D eigenvalue weighted by Gasteiger charge is 2.16. The van der Waals surface area contributed by atoms with Crippen LogP contribution in [0, 0.1) is 0 Å². The molecule has 0 aliphatic carbocycles. The fourth-order valence-electron chi connectivity index (χ4n) is 0.911. The second kappa shape index (κ2) is 5.37. The molecule has 2 rings (SSSR count). The van der Waals surface area contributed by atoms with Gasteiger partial charge in [-0.15, -0.1) is 21.5 Å². The van der Waals surface area contributed by atoms with Crippen LogP contribution in [0.1, 0.15) is 6.92 Å². The fourth-order valence-corrected chi connectivity index (χ4v) is 3.07. The van der Waals surface area contributed by atoms with Gasteiger partial charge >= 0.3 is 0 Å². The third kappa shape index (κ3) is 3.00. The number of hydrogen-bond acceptors (Lipinski definition) is 7. The molecule has 84 valence electrons. The molecule has 2 aromatic rings. The highest BCUT2D eigenvalue weighted by atomic mass is 32.2. The summed E-state index contributed by atoms with van der Waals surface area (Å²) in [5.74, 6) is -0.0739. The number of thioether (sulfide) groups is 1. The van der Waals surface area contributed by atoms with Crippen LogP contribution in [0.2, 0.25) is 0 Å². The Morgan fingerprint density at radius 3 is 3.06 bits per heavy atom. The second-order valence-electron chi connectivity index (χ2n) is 2.79. The fraction of sp³-hybridized carbons (Fsp3) is 0.250. The van der Waals surface area contributed by atoms with Crippen LogP contribution < -0.4 is 5.32 Å². The lowest BCUT2D eigenvalue weighted by atomic mass is 10.4. The van der Waals surface area contributed by atoms with Gasteiger partial charge in [-0.05, 0) is 6.92 Å². The molecular formula is C8H8N4OS3. The van der Waals surface area contributed by atoms with E-state index in [4.69, 9.17) is 0 Å². The molecule has 0 saturated heterocycles. The molecule has 0 radical (unpaired) electrons. The van der Waals surface area contributed by atoms with Crippen LogP contribution in [-0.2, 0) is 4.79 Å². The number of hydrogen-bond donors (Lipinski definition) is 1. The number of nitrogens with one attached hydrogen (secondary N) is 1. The summed E-state index contributed by atoms with van der Waals surface area (Å²) >= 11 is 4.21. The van der Waals surface area contributed by atoms with Gasteiger partial charge in [0.2, 0.25) is 5.91 Å². The van der Waals surface area contributed by atoms with Gasteiger partial charge in [0, 0.05) is 11.6 Å². The summed E-state index contributed by atoms with van der Waals surface area (Å²) in [5.41, 5.74) is 1.65. The Kier molecular flexibility index (Phi) is 3.86. The Bertz CT molecular complexity index is 442. The summed E-state index contributed by atoms with van der Waals surface area (Å²) in [4.78, 5) is 15.7. The molecule has 0 unspecified atom stereocenters. The molecule has 0 bridgehead atoms. The first-order valence-electron chi connectivity index (χ1n) is 4.39. The first kappa shape index (κ1) is 11.5. The molecule has 0 aliphatic heterocycles. The quantitative estimate of drug-likeness (QED) is 0.863. The number of anilines is 1. The maximum absolute atomic E-state index is 11.7. The largest absolute Gasteiger partial charge is 0.301 e. The minimum Gasteiger partial charge on any atom is -0.301 e. The molecule has 1 N–H and O–H groups in total. The van der Waals surface area contributed by atoms with Crippen LogP contribution in [0.25, 0.3) is 0 Å². The predicted molar refractivity (Wildman–Crippen MR) is 66.0 cm³/mol. The first-order chi connectivity index (χ1) is 7.75. The van der Waals surface area contributed by atoms with Gasteiger partial charge in [0.25, 0.3) is 0 Å². The van der Waals surface area contributed by atoms with Crippen molar-refractivity contribution in [1.82, 2.24) is 15.2 Å². The van der Waals surface area contributed by atoms with Crippen LogP contribution in [0.5, 0.6) is 0 Å². The molecule has 0 saturated carbocycles. The molecule has 0 spiro atoms. The van der Waals surface area contributed by atoms with Crippen molar-refractivity contribution in [3.05, 3.63) is 17.1 Å². The summed E-state index contributed by atoms with van der Waals surface area (Å²) in [5, 5.41) is 12.6. The molecule has 0 aromatic carbocycles. The third-order valence-corrected chi connectivity index (χ3v) is 4.25. The predicted octanol–water partition coefficient (Wildman–Crippen LogP) is 2.11.